The minimum Gasteiger partial charge on any atom is -0.379 e. The Labute approximate surface area is 170 Å². The molecule has 1 aromatic carbocycles. The minimum absolute atomic E-state index is 0.173. The van der Waals surface area contributed by atoms with Gasteiger partial charge in [-0.1, -0.05) is 6.07 Å². The zero-order valence-corrected chi connectivity index (χ0v) is 17.6. The van der Waals surface area contributed by atoms with Gasteiger partial charge < -0.3 is 10.1 Å². The van der Waals surface area contributed by atoms with Gasteiger partial charge in [0.1, 0.15) is 0 Å². The summed E-state index contributed by atoms with van der Waals surface area (Å²) in [6.07, 6.45) is 0. The van der Waals surface area contributed by atoms with Crippen molar-refractivity contribution in [1.82, 2.24) is 9.21 Å². The summed E-state index contributed by atoms with van der Waals surface area (Å²) in [6, 6.07) is 8.07. The van der Waals surface area contributed by atoms with Crippen molar-refractivity contribution >= 4 is 33.0 Å². The Bertz CT molecular complexity index is 894. The summed E-state index contributed by atoms with van der Waals surface area (Å²) in [5, 5.41) is 6.90. The number of carbonyl (C=O) groups is 1. The number of benzene rings is 1. The van der Waals surface area contributed by atoms with Crippen LogP contribution in [0, 0.1) is 0 Å². The van der Waals surface area contributed by atoms with Crippen LogP contribution >= 0.6 is 11.3 Å². The Balaban J connectivity index is 1.67. The van der Waals surface area contributed by atoms with Crippen LogP contribution in [-0.4, -0.2) is 62.9 Å². The first-order valence-corrected chi connectivity index (χ1v) is 11.5. The van der Waals surface area contributed by atoms with Gasteiger partial charge in [0.25, 0.3) is 0 Å². The zero-order chi connectivity index (χ0) is 20.1. The molecule has 1 aliphatic heterocycles. The van der Waals surface area contributed by atoms with Crippen molar-refractivity contribution in [3.05, 3.63) is 46.7 Å². The smallest absolute Gasteiger partial charge is 0.243 e. The molecule has 1 atom stereocenters. The van der Waals surface area contributed by atoms with Gasteiger partial charge in [0, 0.05) is 25.3 Å². The zero-order valence-electron chi connectivity index (χ0n) is 16.0. The number of morpholine rings is 1. The molecule has 0 unspecified atom stereocenters. The number of amides is 1. The summed E-state index contributed by atoms with van der Waals surface area (Å²) < 4.78 is 32.2. The van der Waals surface area contributed by atoms with E-state index in [0.29, 0.717) is 38.5 Å². The highest BCUT2D eigenvalue weighted by Crippen LogP contribution is 2.21. The molecule has 1 fully saturated rings. The number of sulfonamides is 1. The third-order valence-corrected chi connectivity index (χ3v) is 7.39. The normalized spacial score (nSPS) is 16.8. The third kappa shape index (κ3) is 4.98. The average Bonchev–Trinajstić information content (AvgIpc) is 3.21. The standard InChI is InChI=1S/C19H25N3O4S2/c1-15(21(2)13-16-6-11-27-14-16)19(23)20-17-4-3-5-18(12-17)28(24,25)22-7-9-26-10-8-22/h3-6,11-12,14-15H,7-10,13H2,1-2H3,(H,20,23)/t15-/m0/s1. The van der Waals surface area contributed by atoms with Crippen molar-refractivity contribution in [2.45, 2.75) is 24.4 Å². The average molecular weight is 424 g/mol. The quantitative estimate of drug-likeness (QED) is 0.739. The molecule has 7 nitrogen and oxygen atoms in total. The number of likely N-dealkylation sites (N-methyl/N-ethyl adjacent to an activating group) is 1. The molecule has 9 heteroatoms. The van der Waals surface area contributed by atoms with Crippen molar-refractivity contribution in [1.29, 1.82) is 0 Å². The number of thiophene rings is 1. The first-order chi connectivity index (χ1) is 13.4. The summed E-state index contributed by atoms with van der Waals surface area (Å²) >= 11 is 1.62. The molecule has 0 spiro atoms. The van der Waals surface area contributed by atoms with Crippen LogP contribution in [-0.2, 0) is 26.1 Å². The topological polar surface area (TPSA) is 79.0 Å². The number of nitrogens with zero attached hydrogens (tertiary/aromatic N) is 2. The SMILES string of the molecule is C[C@@H](C(=O)Nc1cccc(S(=O)(=O)N2CCOCC2)c1)N(C)Cc1ccsc1. The molecule has 2 heterocycles. The van der Waals surface area contributed by atoms with Crippen LogP contribution in [0.5, 0.6) is 0 Å². The summed E-state index contributed by atoms with van der Waals surface area (Å²) in [5.74, 6) is -0.182. The predicted octanol–water partition coefficient (Wildman–Crippen LogP) is 2.23. The van der Waals surface area contributed by atoms with Crippen LogP contribution < -0.4 is 5.32 Å². The van der Waals surface area contributed by atoms with Gasteiger partial charge in [-0.25, -0.2) is 8.42 Å². The van der Waals surface area contributed by atoms with E-state index < -0.39 is 10.0 Å². The Morgan fingerprint density at radius 3 is 2.75 bits per heavy atom. The van der Waals surface area contributed by atoms with E-state index in [1.165, 1.54) is 10.4 Å². The molecule has 0 bridgehead atoms. The number of hydrogen-bond donors (Lipinski definition) is 1. The van der Waals surface area contributed by atoms with E-state index in [2.05, 4.69) is 10.7 Å². The van der Waals surface area contributed by atoms with Crippen molar-refractivity contribution in [3.8, 4) is 0 Å². The third-order valence-electron chi connectivity index (χ3n) is 4.76. The largest absolute Gasteiger partial charge is 0.379 e. The summed E-state index contributed by atoms with van der Waals surface area (Å²) in [7, 11) is -1.71. The Morgan fingerprint density at radius 2 is 2.07 bits per heavy atom. The molecule has 1 amide bonds. The van der Waals surface area contributed by atoms with Gasteiger partial charge in [-0.3, -0.25) is 9.69 Å². The van der Waals surface area contributed by atoms with Gasteiger partial charge in [-0.15, -0.1) is 0 Å². The highest BCUT2D eigenvalue weighted by Gasteiger charge is 2.27. The van der Waals surface area contributed by atoms with Crippen molar-refractivity contribution in [3.63, 3.8) is 0 Å². The molecule has 1 saturated heterocycles. The van der Waals surface area contributed by atoms with Gasteiger partial charge in [-0.2, -0.15) is 15.6 Å². The number of hydrogen-bond acceptors (Lipinski definition) is 6. The molecule has 0 saturated carbocycles. The number of nitrogens with one attached hydrogen (secondary N) is 1. The van der Waals surface area contributed by atoms with Crippen LogP contribution in [0.4, 0.5) is 5.69 Å². The highest BCUT2D eigenvalue weighted by molar-refractivity contribution is 7.89. The number of rotatable bonds is 7. The predicted molar refractivity (Wildman–Crippen MR) is 110 cm³/mol. The van der Waals surface area contributed by atoms with Crippen molar-refractivity contribution in [2.75, 3.05) is 38.7 Å². The molecule has 3 rings (SSSR count). The number of carbonyl (C=O) groups excluding carboxylic acids is 1. The molecule has 152 valence electrons. The van der Waals surface area contributed by atoms with E-state index in [-0.39, 0.29) is 16.8 Å². The second kappa shape index (κ2) is 9.15. The van der Waals surface area contributed by atoms with Crippen LogP contribution in [0.15, 0.2) is 46.0 Å². The van der Waals surface area contributed by atoms with Gasteiger partial charge in [-0.05, 0) is 54.6 Å². The molecular formula is C19H25N3O4S2. The lowest BCUT2D eigenvalue weighted by Gasteiger charge is -2.26. The molecule has 0 radical (unpaired) electrons. The van der Waals surface area contributed by atoms with E-state index in [4.69, 9.17) is 4.74 Å². The fourth-order valence-corrected chi connectivity index (χ4v) is 5.04. The molecule has 1 aromatic heterocycles. The molecule has 2 aromatic rings. The second-order valence-corrected chi connectivity index (χ2v) is 9.47. The molecule has 28 heavy (non-hydrogen) atoms. The maximum Gasteiger partial charge on any atom is 0.243 e. The minimum atomic E-state index is -3.60. The second-order valence-electron chi connectivity index (χ2n) is 6.76. The van der Waals surface area contributed by atoms with Crippen molar-refractivity contribution < 1.29 is 17.9 Å². The lowest BCUT2D eigenvalue weighted by atomic mass is 10.2. The summed E-state index contributed by atoms with van der Waals surface area (Å²) in [6.45, 7) is 3.96. The summed E-state index contributed by atoms with van der Waals surface area (Å²) in [5.41, 5.74) is 1.63. The Morgan fingerprint density at radius 1 is 1.32 bits per heavy atom. The summed E-state index contributed by atoms with van der Waals surface area (Å²) in [4.78, 5) is 14.7. The first kappa shape index (κ1) is 20.9. The first-order valence-electron chi connectivity index (χ1n) is 9.08. The molecule has 0 aliphatic carbocycles. The lowest BCUT2D eigenvalue weighted by molar-refractivity contribution is -0.120. The molecule has 1 aliphatic rings. The Kier molecular flexibility index (Phi) is 6.84. The van der Waals surface area contributed by atoms with Gasteiger partial charge in [0.2, 0.25) is 15.9 Å². The maximum atomic E-state index is 12.8. The van der Waals surface area contributed by atoms with E-state index in [9.17, 15) is 13.2 Å². The van der Waals surface area contributed by atoms with Crippen LogP contribution in [0.3, 0.4) is 0 Å². The number of ether oxygens (including phenoxy) is 1. The van der Waals surface area contributed by atoms with E-state index in [0.717, 1.165) is 5.56 Å². The Hall–Kier alpha value is -1.78. The lowest BCUT2D eigenvalue weighted by Crippen LogP contribution is -2.40. The van der Waals surface area contributed by atoms with Gasteiger partial charge in [0.15, 0.2) is 0 Å². The van der Waals surface area contributed by atoms with Gasteiger partial charge in [0.05, 0.1) is 24.2 Å². The molecular weight excluding hydrogens is 398 g/mol. The molecule has 1 N–H and O–H groups in total. The van der Waals surface area contributed by atoms with E-state index >= 15 is 0 Å². The number of anilines is 1. The fraction of sp³-hybridized carbons (Fsp3) is 0.421. The monoisotopic (exact) mass is 423 g/mol. The maximum absolute atomic E-state index is 12.8. The van der Waals surface area contributed by atoms with E-state index in [1.807, 2.05) is 30.3 Å². The van der Waals surface area contributed by atoms with Crippen molar-refractivity contribution in [2.24, 2.45) is 0 Å². The van der Waals surface area contributed by atoms with Crippen LogP contribution in [0.25, 0.3) is 0 Å². The van der Waals surface area contributed by atoms with Gasteiger partial charge >= 0.3 is 0 Å². The van der Waals surface area contributed by atoms with E-state index in [1.54, 1.807) is 29.5 Å². The van der Waals surface area contributed by atoms with Crippen LogP contribution in [0.2, 0.25) is 0 Å². The highest BCUT2D eigenvalue weighted by atomic mass is 32.2. The van der Waals surface area contributed by atoms with Crippen LogP contribution in [0.1, 0.15) is 12.5 Å². The fourth-order valence-electron chi connectivity index (χ4n) is 2.92.